The molecular formula is C18H20OP-. The first-order valence-corrected chi connectivity index (χ1v) is 7.69. The summed E-state index contributed by atoms with van der Waals surface area (Å²) in [5.41, 5.74) is 6.83. The van der Waals surface area contributed by atoms with E-state index in [0.717, 1.165) is 30.2 Å². The lowest BCUT2D eigenvalue weighted by atomic mass is 10.0. The van der Waals surface area contributed by atoms with E-state index in [9.17, 15) is 5.11 Å². The average molecular weight is 283 g/mol. The summed E-state index contributed by atoms with van der Waals surface area (Å²) in [4.78, 5) is 0. The largest absolute Gasteiger partial charge is 0.823 e. The molecule has 1 nitrogen and oxygen atoms in total. The fourth-order valence-corrected chi connectivity index (χ4v) is 3.69. The maximum atomic E-state index is 12.6. The van der Waals surface area contributed by atoms with Gasteiger partial charge in [-0.05, 0) is 62.9 Å². The van der Waals surface area contributed by atoms with Gasteiger partial charge in [0.1, 0.15) is 0 Å². The summed E-state index contributed by atoms with van der Waals surface area (Å²) in [5, 5.41) is 13.7. The van der Waals surface area contributed by atoms with Crippen molar-refractivity contribution >= 4 is 19.0 Å². The molecule has 2 aromatic carbocycles. The van der Waals surface area contributed by atoms with E-state index in [2.05, 4.69) is 51.1 Å². The molecule has 0 spiro atoms. The maximum absolute atomic E-state index is 12.6. The van der Waals surface area contributed by atoms with Gasteiger partial charge in [-0.1, -0.05) is 43.6 Å². The zero-order chi connectivity index (χ0) is 14.9. The van der Waals surface area contributed by atoms with E-state index in [0.29, 0.717) is 0 Å². The standard InChI is InChI=1S/C18H21OP/c1-11-6-7-16(13(3)8-11)20-18(19)17-14(4)9-12(2)10-15(17)5/h6-10,19H,1-5H3/p-1. The van der Waals surface area contributed by atoms with E-state index >= 15 is 0 Å². The van der Waals surface area contributed by atoms with Crippen molar-refractivity contribution in [2.24, 2.45) is 0 Å². The molecule has 0 heterocycles. The molecule has 0 aliphatic carbocycles. The van der Waals surface area contributed by atoms with Gasteiger partial charge in [-0.3, -0.25) is 0 Å². The Kier molecular flexibility index (Phi) is 4.42. The fourth-order valence-electron chi connectivity index (χ4n) is 2.61. The average Bonchev–Trinajstić information content (AvgIpc) is 2.31. The zero-order valence-corrected chi connectivity index (χ0v) is 13.6. The van der Waals surface area contributed by atoms with Crippen LogP contribution in [0.15, 0.2) is 30.3 Å². The molecule has 20 heavy (non-hydrogen) atoms. The summed E-state index contributed by atoms with van der Waals surface area (Å²) in [7, 11) is 0.764. The molecule has 0 saturated heterocycles. The van der Waals surface area contributed by atoms with E-state index in [1.807, 2.05) is 13.8 Å². The van der Waals surface area contributed by atoms with Gasteiger partial charge >= 0.3 is 0 Å². The maximum Gasteiger partial charge on any atom is 0.00375 e. The number of benzene rings is 2. The Morgan fingerprint density at radius 1 is 0.800 bits per heavy atom. The number of aryl methyl sites for hydroxylation is 5. The fraction of sp³-hybridized carbons (Fsp3) is 0.278. The van der Waals surface area contributed by atoms with Crippen molar-refractivity contribution in [3.05, 3.63) is 63.7 Å². The van der Waals surface area contributed by atoms with Gasteiger partial charge in [0.2, 0.25) is 0 Å². The Morgan fingerprint density at radius 3 is 1.90 bits per heavy atom. The molecule has 2 aromatic rings. The minimum atomic E-state index is 0.187. The molecule has 0 aliphatic rings. The van der Waals surface area contributed by atoms with Gasteiger partial charge in [0.05, 0.1) is 0 Å². The molecule has 0 amide bonds. The summed E-state index contributed by atoms with van der Waals surface area (Å²) in [6.07, 6.45) is 0. The van der Waals surface area contributed by atoms with Crippen LogP contribution >= 0.6 is 8.20 Å². The second-order valence-electron chi connectivity index (χ2n) is 5.48. The quantitative estimate of drug-likeness (QED) is 0.775. The van der Waals surface area contributed by atoms with Crippen LogP contribution in [0.3, 0.4) is 0 Å². The van der Waals surface area contributed by atoms with Gasteiger partial charge in [-0.2, -0.15) is 0 Å². The van der Waals surface area contributed by atoms with Crippen LogP contribution in [0.5, 0.6) is 0 Å². The van der Waals surface area contributed by atoms with Crippen LogP contribution < -0.4 is 10.4 Å². The van der Waals surface area contributed by atoms with Gasteiger partial charge in [0.25, 0.3) is 0 Å². The third-order valence-electron chi connectivity index (χ3n) is 3.47. The lowest BCUT2D eigenvalue weighted by Crippen LogP contribution is -2.21. The second kappa shape index (κ2) is 5.91. The van der Waals surface area contributed by atoms with Crippen LogP contribution in [0.4, 0.5) is 0 Å². The summed E-state index contributed by atoms with van der Waals surface area (Å²) in [6, 6.07) is 10.4. The molecule has 0 saturated carbocycles. The summed E-state index contributed by atoms with van der Waals surface area (Å²) >= 11 is 0. The Morgan fingerprint density at radius 2 is 1.35 bits per heavy atom. The molecule has 0 fully saturated rings. The molecule has 0 unspecified atom stereocenters. The number of hydrogen-bond acceptors (Lipinski definition) is 1. The van der Waals surface area contributed by atoms with Crippen molar-refractivity contribution < 1.29 is 5.11 Å². The molecule has 2 rings (SSSR count). The van der Waals surface area contributed by atoms with Crippen molar-refractivity contribution in [2.45, 2.75) is 34.6 Å². The van der Waals surface area contributed by atoms with E-state index < -0.39 is 0 Å². The Hall–Kier alpha value is -1.43. The number of rotatable bonds is 2. The molecular weight excluding hydrogens is 263 g/mol. The van der Waals surface area contributed by atoms with Crippen molar-refractivity contribution in [2.75, 3.05) is 0 Å². The predicted octanol–water partition coefficient (Wildman–Crippen LogP) is 3.34. The first kappa shape index (κ1) is 15.0. The topological polar surface area (TPSA) is 23.1 Å². The third kappa shape index (κ3) is 3.17. The summed E-state index contributed by atoms with van der Waals surface area (Å²) < 4.78 is 0. The van der Waals surface area contributed by atoms with Crippen LogP contribution in [-0.4, -0.2) is 5.48 Å². The monoisotopic (exact) mass is 283 g/mol. The lowest BCUT2D eigenvalue weighted by Gasteiger charge is -2.19. The van der Waals surface area contributed by atoms with Crippen LogP contribution in [0.1, 0.15) is 33.4 Å². The summed E-state index contributed by atoms with van der Waals surface area (Å²) in [5.74, 6) is 0. The minimum absolute atomic E-state index is 0.187. The van der Waals surface area contributed by atoms with Gasteiger partial charge in [0.15, 0.2) is 0 Å². The van der Waals surface area contributed by atoms with Gasteiger partial charge in [-0.15, -0.1) is 5.48 Å². The first-order chi connectivity index (χ1) is 9.38. The highest BCUT2D eigenvalue weighted by Crippen LogP contribution is 2.19. The molecule has 0 radical (unpaired) electrons. The van der Waals surface area contributed by atoms with E-state index in [-0.39, 0.29) is 5.48 Å². The SMILES string of the molecule is Cc1ccc(P=C([O-])c2c(C)cc(C)cc2C)c(C)c1. The Balaban J connectivity index is 2.50. The van der Waals surface area contributed by atoms with Crippen LogP contribution in [0, 0.1) is 34.6 Å². The van der Waals surface area contributed by atoms with Gasteiger partial charge in [0, 0.05) is 5.30 Å². The van der Waals surface area contributed by atoms with Crippen LogP contribution in [0.2, 0.25) is 0 Å². The highest BCUT2D eigenvalue weighted by atomic mass is 31.1. The van der Waals surface area contributed by atoms with E-state index in [1.165, 1.54) is 16.7 Å². The van der Waals surface area contributed by atoms with Crippen LogP contribution in [0.25, 0.3) is 0 Å². The van der Waals surface area contributed by atoms with Gasteiger partial charge in [-0.25, -0.2) is 0 Å². The molecule has 0 aromatic heterocycles. The normalized spacial score (nSPS) is 11.8. The van der Waals surface area contributed by atoms with Crippen molar-refractivity contribution in [1.29, 1.82) is 0 Å². The molecule has 104 valence electrons. The van der Waals surface area contributed by atoms with Crippen molar-refractivity contribution in [3.8, 4) is 0 Å². The zero-order valence-electron chi connectivity index (χ0n) is 12.7. The summed E-state index contributed by atoms with van der Waals surface area (Å²) in [6.45, 7) is 10.2. The van der Waals surface area contributed by atoms with Crippen molar-refractivity contribution in [3.63, 3.8) is 0 Å². The Labute approximate surface area is 123 Å². The van der Waals surface area contributed by atoms with Crippen molar-refractivity contribution in [1.82, 2.24) is 0 Å². The third-order valence-corrected chi connectivity index (χ3v) is 4.63. The van der Waals surface area contributed by atoms with Crippen LogP contribution in [-0.2, 0) is 0 Å². The molecule has 0 N–H and O–H groups in total. The predicted molar refractivity (Wildman–Crippen MR) is 87.2 cm³/mol. The molecule has 0 aliphatic heterocycles. The molecule has 0 atom stereocenters. The molecule has 2 heteroatoms. The Bertz CT molecular complexity index is 661. The smallest absolute Gasteiger partial charge is 0.00375 e. The highest BCUT2D eigenvalue weighted by molar-refractivity contribution is 7.49. The molecule has 0 bridgehead atoms. The van der Waals surface area contributed by atoms with E-state index in [4.69, 9.17) is 0 Å². The lowest BCUT2D eigenvalue weighted by molar-refractivity contribution is -0.207. The minimum Gasteiger partial charge on any atom is -0.823 e. The van der Waals surface area contributed by atoms with Gasteiger partial charge < -0.3 is 5.11 Å². The van der Waals surface area contributed by atoms with E-state index in [1.54, 1.807) is 0 Å². The number of hydrogen-bond donors (Lipinski definition) is 0. The first-order valence-electron chi connectivity index (χ1n) is 6.79. The second-order valence-corrected chi connectivity index (χ2v) is 6.59. The highest BCUT2D eigenvalue weighted by Gasteiger charge is 2.03.